The number of amides is 2. The van der Waals surface area contributed by atoms with Crippen molar-refractivity contribution in [2.75, 3.05) is 16.8 Å². The van der Waals surface area contributed by atoms with E-state index in [1.807, 2.05) is 55.5 Å². The quantitative estimate of drug-likeness (QED) is 0.866. The third kappa shape index (κ3) is 3.11. The number of fused-ring (bicyclic) bond motifs is 1. The molecule has 2 aromatic rings. The molecule has 0 saturated carbocycles. The Morgan fingerprint density at radius 1 is 1.09 bits per heavy atom. The van der Waals surface area contributed by atoms with Crippen molar-refractivity contribution in [3.05, 3.63) is 59.7 Å². The van der Waals surface area contributed by atoms with Crippen molar-refractivity contribution in [2.24, 2.45) is 0 Å². The summed E-state index contributed by atoms with van der Waals surface area (Å²) in [6.45, 7) is 2.60. The number of para-hydroxylation sites is 2. The zero-order chi connectivity index (χ0) is 16.2. The molecule has 3 rings (SSSR count). The summed E-state index contributed by atoms with van der Waals surface area (Å²) in [7, 11) is 0. The predicted octanol–water partition coefficient (Wildman–Crippen LogP) is 3.17. The first-order chi connectivity index (χ1) is 11.2. The lowest BCUT2D eigenvalue weighted by atomic mass is 10.0. The van der Waals surface area contributed by atoms with Gasteiger partial charge in [-0.05, 0) is 42.5 Å². The van der Waals surface area contributed by atoms with Crippen LogP contribution < -0.4 is 10.2 Å². The molecule has 0 spiro atoms. The highest BCUT2D eigenvalue weighted by Crippen LogP contribution is 2.27. The maximum Gasteiger partial charge on any atom is 0.316 e. The van der Waals surface area contributed by atoms with Crippen LogP contribution in [0.1, 0.15) is 24.5 Å². The Kier molecular flexibility index (Phi) is 4.42. The molecule has 0 aromatic heterocycles. The number of rotatable bonds is 2. The van der Waals surface area contributed by atoms with Gasteiger partial charge in [-0.3, -0.25) is 9.59 Å². The Hall–Kier alpha value is -2.62. The smallest absolute Gasteiger partial charge is 0.316 e. The van der Waals surface area contributed by atoms with Crippen LogP contribution >= 0.6 is 0 Å². The number of hydrogen-bond acceptors (Lipinski definition) is 2. The molecule has 4 heteroatoms. The van der Waals surface area contributed by atoms with Crippen LogP contribution in [0.25, 0.3) is 0 Å². The standard InChI is InChI=1S/C19H20N2O2/c1-2-14-8-3-5-11-16(14)20-18(22)19(23)21-13-7-10-15-9-4-6-12-17(15)21/h3-6,8-9,11-12H,2,7,10,13H2,1H3,(H,20,22). The second kappa shape index (κ2) is 6.65. The molecule has 1 heterocycles. The largest absolute Gasteiger partial charge is 0.318 e. The second-order valence-corrected chi connectivity index (χ2v) is 5.65. The van der Waals surface area contributed by atoms with Gasteiger partial charge in [0.2, 0.25) is 0 Å². The van der Waals surface area contributed by atoms with E-state index in [0.29, 0.717) is 12.2 Å². The molecule has 4 nitrogen and oxygen atoms in total. The number of carbonyl (C=O) groups excluding carboxylic acids is 2. The van der Waals surface area contributed by atoms with E-state index in [1.54, 1.807) is 4.90 Å². The molecule has 2 amide bonds. The molecule has 0 saturated heterocycles. The molecule has 1 aliphatic rings. The van der Waals surface area contributed by atoms with E-state index < -0.39 is 11.8 Å². The molecule has 0 bridgehead atoms. The summed E-state index contributed by atoms with van der Waals surface area (Å²) in [6.07, 6.45) is 2.62. The molecule has 0 radical (unpaired) electrons. The van der Waals surface area contributed by atoms with E-state index in [0.717, 1.165) is 36.1 Å². The molecule has 1 N–H and O–H groups in total. The fourth-order valence-electron chi connectivity index (χ4n) is 2.99. The summed E-state index contributed by atoms with van der Waals surface area (Å²) in [5, 5.41) is 2.76. The first-order valence-corrected chi connectivity index (χ1v) is 7.99. The van der Waals surface area contributed by atoms with Gasteiger partial charge >= 0.3 is 11.8 Å². The Labute approximate surface area is 136 Å². The van der Waals surface area contributed by atoms with Crippen LogP contribution in [0.2, 0.25) is 0 Å². The Balaban J connectivity index is 1.80. The molecule has 0 fully saturated rings. The van der Waals surface area contributed by atoms with Gasteiger partial charge in [-0.1, -0.05) is 43.3 Å². The minimum Gasteiger partial charge on any atom is -0.318 e. The summed E-state index contributed by atoms with van der Waals surface area (Å²) >= 11 is 0. The van der Waals surface area contributed by atoms with Crippen LogP contribution in [0, 0.1) is 0 Å². The fraction of sp³-hybridized carbons (Fsp3) is 0.263. The highest BCUT2D eigenvalue weighted by molar-refractivity contribution is 6.44. The van der Waals surface area contributed by atoms with Crippen LogP contribution in [0.5, 0.6) is 0 Å². The van der Waals surface area contributed by atoms with Crippen LogP contribution in [-0.4, -0.2) is 18.4 Å². The lowest BCUT2D eigenvalue weighted by Crippen LogP contribution is -2.42. The highest BCUT2D eigenvalue weighted by atomic mass is 16.2. The summed E-state index contributed by atoms with van der Waals surface area (Å²) in [6, 6.07) is 15.3. The monoisotopic (exact) mass is 308 g/mol. The number of nitrogens with one attached hydrogen (secondary N) is 1. The van der Waals surface area contributed by atoms with Crippen LogP contribution in [0.4, 0.5) is 11.4 Å². The van der Waals surface area contributed by atoms with Crippen molar-refractivity contribution in [1.29, 1.82) is 0 Å². The zero-order valence-corrected chi connectivity index (χ0v) is 13.2. The first kappa shape index (κ1) is 15.3. The molecular weight excluding hydrogens is 288 g/mol. The minimum atomic E-state index is -0.581. The van der Waals surface area contributed by atoms with Crippen LogP contribution in [-0.2, 0) is 22.4 Å². The lowest BCUT2D eigenvalue weighted by molar-refractivity contribution is -0.134. The van der Waals surface area contributed by atoms with Crippen molar-refractivity contribution >= 4 is 23.2 Å². The van der Waals surface area contributed by atoms with Gasteiger partial charge in [0.25, 0.3) is 0 Å². The molecule has 1 aliphatic heterocycles. The molecule has 0 unspecified atom stereocenters. The van der Waals surface area contributed by atoms with Crippen LogP contribution in [0.3, 0.4) is 0 Å². The van der Waals surface area contributed by atoms with Crippen molar-refractivity contribution < 1.29 is 9.59 Å². The van der Waals surface area contributed by atoms with Gasteiger partial charge in [-0.25, -0.2) is 0 Å². The van der Waals surface area contributed by atoms with Crippen molar-refractivity contribution in [3.8, 4) is 0 Å². The SMILES string of the molecule is CCc1ccccc1NC(=O)C(=O)N1CCCc2ccccc21. The van der Waals surface area contributed by atoms with Gasteiger partial charge in [-0.2, -0.15) is 0 Å². The Morgan fingerprint density at radius 2 is 1.83 bits per heavy atom. The van der Waals surface area contributed by atoms with E-state index in [9.17, 15) is 9.59 Å². The van der Waals surface area contributed by atoms with Gasteiger partial charge in [0, 0.05) is 17.9 Å². The first-order valence-electron chi connectivity index (χ1n) is 7.99. The molecule has 0 atom stereocenters. The van der Waals surface area contributed by atoms with Crippen molar-refractivity contribution in [2.45, 2.75) is 26.2 Å². The molecule has 0 aliphatic carbocycles. The molecule has 23 heavy (non-hydrogen) atoms. The minimum absolute atomic E-state index is 0.497. The fourth-order valence-corrected chi connectivity index (χ4v) is 2.99. The zero-order valence-electron chi connectivity index (χ0n) is 13.2. The number of aryl methyl sites for hydroxylation is 2. The third-order valence-corrected chi connectivity index (χ3v) is 4.20. The number of carbonyl (C=O) groups is 2. The lowest BCUT2D eigenvalue weighted by Gasteiger charge is -2.28. The second-order valence-electron chi connectivity index (χ2n) is 5.65. The number of nitrogens with zero attached hydrogens (tertiary/aromatic N) is 1. The number of hydrogen-bond donors (Lipinski definition) is 1. The van der Waals surface area contributed by atoms with E-state index >= 15 is 0 Å². The van der Waals surface area contributed by atoms with E-state index in [4.69, 9.17) is 0 Å². The summed E-state index contributed by atoms with van der Waals surface area (Å²) in [5.41, 5.74) is 3.70. The van der Waals surface area contributed by atoms with Crippen molar-refractivity contribution in [1.82, 2.24) is 0 Å². The maximum atomic E-state index is 12.6. The summed E-state index contributed by atoms with van der Waals surface area (Å²) in [5.74, 6) is -1.08. The number of anilines is 2. The van der Waals surface area contributed by atoms with Gasteiger partial charge in [-0.15, -0.1) is 0 Å². The number of benzene rings is 2. The maximum absolute atomic E-state index is 12.6. The normalized spacial score (nSPS) is 13.3. The van der Waals surface area contributed by atoms with Gasteiger partial charge in [0.1, 0.15) is 0 Å². The van der Waals surface area contributed by atoms with E-state index in [2.05, 4.69) is 5.32 Å². The highest BCUT2D eigenvalue weighted by Gasteiger charge is 2.27. The van der Waals surface area contributed by atoms with Crippen LogP contribution in [0.15, 0.2) is 48.5 Å². The predicted molar refractivity (Wildman–Crippen MR) is 91.6 cm³/mol. The van der Waals surface area contributed by atoms with Gasteiger partial charge < -0.3 is 10.2 Å². The van der Waals surface area contributed by atoms with E-state index in [-0.39, 0.29) is 0 Å². The summed E-state index contributed by atoms with van der Waals surface area (Å²) < 4.78 is 0. The Morgan fingerprint density at radius 3 is 2.65 bits per heavy atom. The molecule has 2 aromatic carbocycles. The van der Waals surface area contributed by atoms with Gasteiger partial charge in [0.15, 0.2) is 0 Å². The summed E-state index contributed by atoms with van der Waals surface area (Å²) in [4.78, 5) is 26.6. The van der Waals surface area contributed by atoms with E-state index in [1.165, 1.54) is 0 Å². The average molecular weight is 308 g/mol. The molecule has 118 valence electrons. The average Bonchev–Trinajstić information content (AvgIpc) is 2.61. The topological polar surface area (TPSA) is 49.4 Å². The van der Waals surface area contributed by atoms with Gasteiger partial charge in [0.05, 0.1) is 0 Å². The Bertz CT molecular complexity index is 740. The molecular formula is C19H20N2O2. The third-order valence-electron chi connectivity index (χ3n) is 4.20. The van der Waals surface area contributed by atoms with Crippen molar-refractivity contribution in [3.63, 3.8) is 0 Å².